The van der Waals surface area contributed by atoms with Gasteiger partial charge in [-0.05, 0) is 39.2 Å². The summed E-state index contributed by atoms with van der Waals surface area (Å²) in [5.74, 6) is -0.0961. The van der Waals surface area contributed by atoms with Crippen molar-refractivity contribution in [3.05, 3.63) is 0 Å². The van der Waals surface area contributed by atoms with Crippen LogP contribution in [0.25, 0.3) is 0 Å². The van der Waals surface area contributed by atoms with Gasteiger partial charge in [0.2, 0.25) is 0 Å². The summed E-state index contributed by atoms with van der Waals surface area (Å²) >= 11 is 0. The fourth-order valence-electron chi connectivity index (χ4n) is 2.53. The van der Waals surface area contributed by atoms with Crippen molar-refractivity contribution >= 4 is 5.91 Å². The molecule has 1 fully saturated rings. The van der Waals surface area contributed by atoms with Crippen LogP contribution in [0.4, 0.5) is 0 Å². The van der Waals surface area contributed by atoms with Gasteiger partial charge in [-0.25, -0.2) is 0 Å². The number of likely N-dealkylation sites (tertiary alicyclic amines) is 1. The molecule has 1 rings (SSSR count). The summed E-state index contributed by atoms with van der Waals surface area (Å²) in [6.45, 7) is 12.4. The number of nitrogens with zero attached hydrogens (tertiary/aromatic N) is 2. The van der Waals surface area contributed by atoms with Gasteiger partial charge in [0.05, 0.1) is 0 Å². The molecule has 4 heteroatoms. The minimum absolute atomic E-state index is 0.0673. The molecular weight excluding hydrogens is 240 g/mol. The number of piperidine rings is 1. The zero-order valence-corrected chi connectivity index (χ0v) is 13.4. The van der Waals surface area contributed by atoms with E-state index in [0.29, 0.717) is 25.6 Å². The third-order valence-corrected chi connectivity index (χ3v) is 3.76. The lowest BCUT2D eigenvalue weighted by Crippen LogP contribution is -2.59. The average molecular weight is 270 g/mol. The van der Waals surface area contributed by atoms with E-state index < -0.39 is 5.60 Å². The molecule has 1 unspecified atom stereocenters. The Labute approximate surface area is 117 Å². The highest BCUT2D eigenvalue weighted by atomic mass is 16.3. The van der Waals surface area contributed by atoms with Crippen molar-refractivity contribution in [2.24, 2.45) is 5.41 Å². The topological polar surface area (TPSA) is 43.8 Å². The second-order valence-corrected chi connectivity index (χ2v) is 7.43. The first-order valence-corrected chi connectivity index (χ1v) is 7.27. The summed E-state index contributed by atoms with van der Waals surface area (Å²) in [5, 5.41) is 10.7. The monoisotopic (exact) mass is 270 g/mol. The third-order valence-electron chi connectivity index (χ3n) is 3.76. The maximum atomic E-state index is 12.5. The van der Waals surface area contributed by atoms with Crippen molar-refractivity contribution in [3.8, 4) is 0 Å². The van der Waals surface area contributed by atoms with Crippen LogP contribution in [0.5, 0.6) is 0 Å². The Morgan fingerprint density at radius 2 is 2.00 bits per heavy atom. The Kier molecular flexibility index (Phi) is 5.02. The number of hydrogen-bond acceptors (Lipinski definition) is 3. The normalized spacial score (nSPS) is 25.5. The minimum atomic E-state index is -1.21. The molecule has 1 amide bonds. The van der Waals surface area contributed by atoms with E-state index in [1.54, 1.807) is 0 Å². The summed E-state index contributed by atoms with van der Waals surface area (Å²) < 4.78 is 0. The Morgan fingerprint density at radius 1 is 1.42 bits per heavy atom. The van der Waals surface area contributed by atoms with E-state index in [0.717, 1.165) is 13.0 Å². The number of aliphatic hydroxyl groups is 1. The Balaban J connectivity index is 2.76. The van der Waals surface area contributed by atoms with Crippen LogP contribution in [0.15, 0.2) is 0 Å². The summed E-state index contributed by atoms with van der Waals surface area (Å²) in [7, 11) is 1.96. The summed E-state index contributed by atoms with van der Waals surface area (Å²) in [4.78, 5) is 16.4. The zero-order valence-electron chi connectivity index (χ0n) is 13.4. The maximum Gasteiger partial charge on any atom is 0.255 e. The molecule has 0 spiro atoms. The van der Waals surface area contributed by atoms with Crippen LogP contribution < -0.4 is 0 Å². The molecule has 1 heterocycles. The van der Waals surface area contributed by atoms with Crippen molar-refractivity contribution in [2.45, 2.75) is 59.1 Å². The maximum absolute atomic E-state index is 12.5. The molecule has 0 aromatic rings. The number of hydrogen-bond donors (Lipinski definition) is 1. The highest BCUT2D eigenvalue weighted by Gasteiger charge is 2.43. The first kappa shape index (κ1) is 16.4. The lowest BCUT2D eigenvalue weighted by atomic mass is 9.88. The molecule has 0 radical (unpaired) electrons. The molecule has 1 atom stereocenters. The van der Waals surface area contributed by atoms with Crippen molar-refractivity contribution in [1.82, 2.24) is 9.80 Å². The van der Waals surface area contributed by atoms with E-state index >= 15 is 0 Å². The van der Waals surface area contributed by atoms with Crippen molar-refractivity contribution < 1.29 is 9.90 Å². The van der Waals surface area contributed by atoms with Gasteiger partial charge >= 0.3 is 0 Å². The number of amides is 1. The molecule has 0 saturated carbocycles. The van der Waals surface area contributed by atoms with Crippen LogP contribution in [-0.2, 0) is 4.79 Å². The van der Waals surface area contributed by atoms with Crippen molar-refractivity contribution in [1.29, 1.82) is 0 Å². The van der Waals surface area contributed by atoms with Gasteiger partial charge in [0.1, 0.15) is 0 Å². The van der Waals surface area contributed by atoms with E-state index in [1.165, 1.54) is 0 Å². The van der Waals surface area contributed by atoms with E-state index in [9.17, 15) is 9.90 Å². The molecule has 1 aliphatic rings. The Bertz CT molecular complexity index is 323. The number of carbonyl (C=O) groups is 1. The highest BCUT2D eigenvalue weighted by molar-refractivity contribution is 5.86. The molecular formula is C15H30N2O2. The van der Waals surface area contributed by atoms with Gasteiger partial charge in [0.25, 0.3) is 5.91 Å². The van der Waals surface area contributed by atoms with E-state index in [2.05, 4.69) is 34.6 Å². The molecule has 1 aliphatic heterocycles. The predicted molar refractivity (Wildman–Crippen MR) is 78.0 cm³/mol. The predicted octanol–water partition coefficient (Wildman–Crippen LogP) is 1.73. The van der Waals surface area contributed by atoms with Gasteiger partial charge in [-0.2, -0.15) is 0 Å². The van der Waals surface area contributed by atoms with E-state index in [1.807, 2.05) is 16.8 Å². The SMILES string of the molecule is CC(C)N(C)CC1(O)CCCN(CC(C)(C)C)C1=O. The van der Waals surface area contributed by atoms with Gasteiger partial charge < -0.3 is 14.9 Å². The average Bonchev–Trinajstić information content (AvgIpc) is 2.23. The molecule has 0 aliphatic carbocycles. The number of carbonyl (C=O) groups excluding carboxylic acids is 1. The van der Waals surface area contributed by atoms with Crippen molar-refractivity contribution in [3.63, 3.8) is 0 Å². The van der Waals surface area contributed by atoms with Gasteiger partial charge in [0.15, 0.2) is 5.60 Å². The fraction of sp³-hybridized carbons (Fsp3) is 0.933. The molecule has 0 aromatic carbocycles. The fourth-order valence-corrected chi connectivity index (χ4v) is 2.53. The van der Waals surface area contributed by atoms with Crippen LogP contribution in [0, 0.1) is 5.41 Å². The second-order valence-electron chi connectivity index (χ2n) is 7.43. The number of rotatable bonds is 4. The second kappa shape index (κ2) is 5.80. The standard InChI is InChI=1S/C15H30N2O2/c1-12(2)16(6)11-15(19)8-7-9-17(13(15)18)10-14(3,4)5/h12,19H,7-11H2,1-6H3. The Hall–Kier alpha value is -0.610. The quantitative estimate of drug-likeness (QED) is 0.846. The van der Waals surface area contributed by atoms with Crippen molar-refractivity contribution in [2.75, 3.05) is 26.7 Å². The van der Waals surface area contributed by atoms with Gasteiger partial charge in [-0.1, -0.05) is 20.8 Å². The van der Waals surface area contributed by atoms with Crippen LogP contribution in [0.3, 0.4) is 0 Å². The summed E-state index contributed by atoms with van der Waals surface area (Å²) in [6, 6.07) is 0.329. The largest absolute Gasteiger partial charge is 0.379 e. The molecule has 4 nitrogen and oxygen atoms in total. The van der Waals surface area contributed by atoms with Crippen LogP contribution >= 0.6 is 0 Å². The molecule has 1 saturated heterocycles. The third kappa shape index (κ3) is 4.46. The van der Waals surface area contributed by atoms with Gasteiger partial charge in [0, 0.05) is 25.7 Å². The van der Waals surface area contributed by atoms with Crippen LogP contribution in [0.1, 0.15) is 47.5 Å². The molecule has 112 valence electrons. The molecule has 0 aromatic heterocycles. The van der Waals surface area contributed by atoms with Crippen LogP contribution in [-0.4, -0.2) is 59.1 Å². The molecule has 1 N–H and O–H groups in total. The molecule has 19 heavy (non-hydrogen) atoms. The first-order chi connectivity index (χ1) is 8.55. The van der Waals surface area contributed by atoms with E-state index in [-0.39, 0.29) is 11.3 Å². The summed E-state index contributed by atoms with van der Waals surface area (Å²) in [5.41, 5.74) is -1.14. The van der Waals surface area contributed by atoms with Crippen LogP contribution in [0.2, 0.25) is 0 Å². The smallest absolute Gasteiger partial charge is 0.255 e. The summed E-state index contributed by atoms with van der Waals surface area (Å²) in [6.07, 6.45) is 1.45. The van der Waals surface area contributed by atoms with E-state index in [4.69, 9.17) is 0 Å². The van der Waals surface area contributed by atoms with Gasteiger partial charge in [-0.3, -0.25) is 4.79 Å². The lowest BCUT2D eigenvalue weighted by Gasteiger charge is -2.42. The minimum Gasteiger partial charge on any atom is -0.379 e. The van der Waals surface area contributed by atoms with Gasteiger partial charge in [-0.15, -0.1) is 0 Å². The zero-order chi connectivity index (χ0) is 14.8. The lowest BCUT2D eigenvalue weighted by molar-refractivity contribution is -0.161. The highest BCUT2D eigenvalue weighted by Crippen LogP contribution is 2.27. The Morgan fingerprint density at radius 3 is 2.47 bits per heavy atom. The number of likely N-dealkylation sites (N-methyl/N-ethyl adjacent to an activating group) is 1. The first-order valence-electron chi connectivity index (χ1n) is 7.27. The molecule has 0 bridgehead atoms.